The highest BCUT2D eigenvalue weighted by molar-refractivity contribution is 6.08. The van der Waals surface area contributed by atoms with Crippen molar-refractivity contribution in [1.82, 2.24) is 0 Å². The molecule has 9 nitrogen and oxygen atoms in total. The molecule has 0 aromatic rings. The number of alkyl halides is 6. The van der Waals surface area contributed by atoms with Crippen LogP contribution in [0, 0.1) is 5.92 Å². The van der Waals surface area contributed by atoms with E-state index in [0.717, 1.165) is 38.7 Å². The number of hydrogen-bond acceptors (Lipinski definition) is 9. The molecule has 0 bridgehead atoms. The van der Waals surface area contributed by atoms with Crippen LogP contribution >= 0.6 is 0 Å². The van der Waals surface area contributed by atoms with Gasteiger partial charge < -0.3 is 28.4 Å². The van der Waals surface area contributed by atoms with Crippen molar-refractivity contribution in [1.29, 1.82) is 0 Å². The minimum absolute atomic E-state index is 0.0604. The molecule has 44 heavy (non-hydrogen) atoms. The molecule has 0 heterocycles. The Kier molecular flexibility index (Phi) is 24.6. The van der Waals surface area contributed by atoms with Crippen molar-refractivity contribution in [3.05, 3.63) is 24.3 Å². The highest BCUT2D eigenvalue weighted by atomic mass is 19.4. The average Bonchev–Trinajstić information content (AvgIpc) is 2.96. The summed E-state index contributed by atoms with van der Waals surface area (Å²) in [7, 11) is 0. The lowest BCUT2D eigenvalue weighted by Crippen LogP contribution is -2.42. The molecule has 0 aromatic heterocycles. The molecule has 0 rings (SSSR count). The number of ether oxygens (including phenoxy) is 6. The summed E-state index contributed by atoms with van der Waals surface area (Å²) >= 11 is 0. The monoisotopic (exact) mass is 650 g/mol. The summed E-state index contributed by atoms with van der Waals surface area (Å²) in [6, 6.07) is 0. The van der Waals surface area contributed by atoms with E-state index in [0.29, 0.717) is 33.0 Å². The van der Waals surface area contributed by atoms with Gasteiger partial charge in [-0.15, -0.1) is 0 Å². The van der Waals surface area contributed by atoms with Gasteiger partial charge >= 0.3 is 18.3 Å². The van der Waals surface area contributed by atoms with E-state index < -0.39 is 48.8 Å². The van der Waals surface area contributed by atoms with Crippen LogP contribution in [0.4, 0.5) is 26.3 Å². The number of allylic oxidation sites excluding steroid dienone is 3. The molecular formula is C29H44F6O9. The lowest BCUT2D eigenvalue weighted by Gasteiger charge is -2.17. The Labute approximate surface area is 254 Å². The first-order valence-corrected chi connectivity index (χ1v) is 14.5. The Morgan fingerprint density at radius 3 is 1.43 bits per heavy atom. The van der Waals surface area contributed by atoms with Gasteiger partial charge in [0.05, 0.1) is 59.3 Å². The number of carbonyl (C=O) groups is 3. The Morgan fingerprint density at radius 2 is 0.977 bits per heavy atom. The predicted molar refractivity (Wildman–Crippen MR) is 147 cm³/mol. The van der Waals surface area contributed by atoms with Crippen molar-refractivity contribution >= 4 is 17.5 Å². The molecule has 0 saturated carbocycles. The van der Waals surface area contributed by atoms with Crippen molar-refractivity contribution in [3.63, 3.8) is 0 Å². The summed E-state index contributed by atoms with van der Waals surface area (Å²) in [5, 5.41) is 0. The van der Waals surface area contributed by atoms with E-state index in [1.165, 1.54) is 6.42 Å². The lowest BCUT2D eigenvalue weighted by atomic mass is 9.94. The molecule has 0 aromatic carbocycles. The number of ketones is 2. The first kappa shape index (κ1) is 41.7. The second kappa shape index (κ2) is 25.9. The highest BCUT2D eigenvalue weighted by Crippen LogP contribution is 2.29. The summed E-state index contributed by atoms with van der Waals surface area (Å²) in [6.07, 6.45) is 1.39. The van der Waals surface area contributed by atoms with Crippen molar-refractivity contribution in [3.8, 4) is 0 Å². The van der Waals surface area contributed by atoms with E-state index in [4.69, 9.17) is 23.7 Å². The first-order valence-electron chi connectivity index (χ1n) is 14.5. The van der Waals surface area contributed by atoms with Crippen molar-refractivity contribution in [2.24, 2.45) is 5.92 Å². The fourth-order valence-corrected chi connectivity index (χ4v) is 3.41. The Bertz CT molecular complexity index is 803. The van der Waals surface area contributed by atoms with Gasteiger partial charge in [-0.25, -0.2) is 0 Å². The quantitative estimate of drug-likeness (QED) is 0.0364. The van der Waals surface area contributed by atoms with Crippen LogP contribution in [0.1, 0.15) is 51.9 Å². The second-order valence-corrected chi connectivity index (χ2v) is 9.30. The van der Waals surface area contributed by atoms with E-state index in [9.17, 15) is 40.7 Å². The third kappa shape index (κ3) is 24.0. The van der Waals surface area contributed by atoms with Gasteiger partial charge in [0.2, 0.25) is 11.6 Å². The maximum atomic E-state index is 12.5. The number of Topliss-reactive ketones (excluding diaryl/α,β-unsaturated/α-hetero) is 2. The molecule has 0 fully saturated rings. The fourth-order valence-electron chi connectivity index (χ4n) is 3.41. The topological polar surface area (TPSA) is 107 Å². The molecule has 0 radical (unpaired) electrons. The summed E-state index contributed by atoms with van der Waals surface area (Å²) in [6.45, 7) is 5.01. The molecule has 0 aliphatic rings. The van der Waals surface area contributed by atoms with Crippen LogP contribution in [0.15, 0.2) is 24.3 Å². The van der Waals surface area contributed by atoms with Crippen LogP contribution in [0.25, 0.3) is 0 Å². The minimum atomic E-state index is -5.73. The minimum Gasteiger partial charge on any atom is -0.463 e. The van der Waals surface area contributed by atoms with Crippen LogP contribution in [-0.4, -0.2) is 103 Å². The van der Waals surface area contributed by atoms with Crippen LogP contribution in [-0.2, 0) is 42.8 Å². The molecule has 0 aliphatic heterocycles. The zero-order valence-corrected chi connectivity index (χ0v) is 25.1. The Balaban J connectivity index is 3.58. The van der Waals surface area contributed by atoms with Gasteiger partial charge in [0, 0.05) is 13.2 Å². The normalized spacial score (nSPS) is 12.5. The molecule has 0 N–H and O–H groups in total. The van der Waals surface area contributed by atoms with Gasteiger partial charge in [0.15, 0.2) is 0 Å². The lowest BCUT2D eigenvalue weighted by molar-refractivity contribution is -0.191. The molecule has 0 unspecified atom stereocenters. The SMILES string of the molecule is C/C=C/C=C\COCCCCCCCCOCCOCCOCCOCCOC(=O)CC(C(=O)C(F)(F)F)C(=O)C(F)(F)F. The third-order valence-corrected chi connectivity index (χ3v) is 5.65. The number of rotatable bonds is 28. The molecule has 15 heteroatoms. The molecular weight excluding hydrogens is 606 g/mol. The van der Waals surface area contributed by atoms with Gasteiger partial charge in [0.25, 0.3) is 0 Å². The standard InChI is InChI=1S/C29H44F6O9/c1-2-3-4-9-12-39-13-10-7-5-6-8-11-14-40-15-16-41-17-18-42-19-20-43-21-22-44-25(36)23-24(26(37)28(30,31)32)27(38)29(33,34)35/h2-4,9,24H,5-8,10-23H2,1H3/b3-2+,9-4-. The Morgan fingerprint density at radius 1 is 0.568 bits per heavy atom. The van der Waals surface area contributed by atoms with Crippen LogP contribution in [0.2, 0.25) is 0 Å². The average molecular weight is 651 g/mol. The number of halogens is 6. The van der Waals surface area contributed by atoms with Gasteiger partial charge in [0.1, 0.15) is 12.5 Å². The van der Waals surface area contributed by atoms with Gasteiger partial charge in [-0.2, -0.15) is 26.3 Å². The third-order valence-electron chi connectivity index (χ3n) is 5.65. The zero-order chi connectivity index (χ0) is 33.1. The maximum Gasteiger partial charge on any atom is 0.450 e. The summed E-state index contributed by atoms with van der Waals surface area (Å²) in [5.74, 6) is -10.8. The maximum absolute atomic E-state index is 12.5. The first-order chi connectivity index (χ1) is 20.9. The number of hydrogen-bond donors (Lipinski definition) is 0. The summed E-state index contributed by atoms with van der Waals surface area (Å²) < 4.78 is 106. The smallest absolute Gasteiger partial charge is 0.450 e. The molecule has 0 amide bonds. The van der Waals surface area contributed by atoms with E-state index in [1.54, 1.807) is 0 Å². The largest absolute Gasteiger partial charge is 0.463 e. The second-order valence-electron chi connectivity index (χ2n) is 9.30. The van der Waals surface area contributed by atoms with E-state index >= 15 is 0 Å². The van der Waals surface area contributed by atoms with Crippen molar-refractivity contribution in [2.75, 3.05) is 72.7 Å². The molecule has 0 atom stereocenters. The van der Waals surface area contributed by atoms with E-state index in [-0.39, 0.29) is 26.4 Å². The number of unbranched alkanes of at least 4 members (excludes halogenated alkanes) is 5. The zero-order valence-electron chi connectivity index (χ0n) is 25.1. The van der Waals surface area contributed by atoms with Gasteiger partial charge in [-0.05, 0) is 19.8 Å². The molecule has 0 saturated heterocycles. The van der Waals surface area contributed by atoms with Crippen LogP contribution in [0.5, 0.6) is 0 Å². The van der Waals surface area contributed by atoms with E-state index in [2.05, 4.69) is 4.74 Å². The number of esters is 1. The predicted octanol–water partition coefficient (Wildman–Crippen LogP) is 5.35. The van der Waals surface area contributed by atoms with Crippen molar-refractivity contribution in [2.45, 2.75) is 64.2 Å². The molecule has 0 aliphatic carbocycles. The molecule has 0 spiro atoms. The Hall–Kier alpha value is -2.33. The van der Waals surface area contributed by atoms with Crippen LogP contribution in [0.3, 0.4) is 0 Å². The molecule has 256 valence electrons. The highest BCUT2D eigenvalue weighted by Gasteiger charge is 2.54. The summed E-state index contributed by atoms with van der Waals surface area (Å²) in [4.78, 5) is 33.9. The van der Waals surface area contributed by atoms with Gasteiger partial charge in [-0.1, -0.05) is 50.0 Å². The van der Waals surface area contributed by atoms with Gasteiger partial charge in [-0.3, -0.25) is 14.4 Å². The summed E-state index contributed by atoms with van der Waals surface area (Å²) in [5.41, 5.74) is 0. The van der Waals surface area contributed by atoms with Crippen LogP contribution < -0.4 is 0 Å². The fraction of sp³-hybridized carbons (Fsp3) is 0.759. The number of carbonyl (C=O) groups excluding carboxylic acids is 3. The van der Waals surface area contributed by atoms with Crippen molar-refractivity contribution < 1.29 is 69.1 Å². The van der Waals surface area contributed by atoms with E-state index in [1.807, 2.05) is 31.2 Å².